The first-order chi connectivity index (χ1) is 7.65. The van der Waals surface area contributed by atoms with E-state index in [2.05, 4.69) is 6.07 Å². The molecule has 0 unspecified atom stereocenters. The molecule has 3 heteroatoms. The summed E-state index contributed by atoms with van der Waals surface area (Å²) in [6.45, 7) is 1.78. The Morgan fingerprint density at radius 1 is 1.44 bits per heavy atom. The third-order valence-electron chi connectivity index (χ3n) is 2.87. The first-order valence-corrected chi connectivity index (χ1v) is 5.65. The van der Waals surface area contributed by atoms with Crippen LogP contribution in [0.5, 0.6) is 5.75 Å². The third kappa shape index (κ3) is 2.54. The molecule has 0 radical (unpaired) electrons. The number of aliphatic carboxylic acids is 1. The highest BCUT2D eigenvalue weighted by molar-refractivity contribution is 5.67. The standard InChI is InChI=1S/C13H16O3/c1-9(7-13(14)15)16-12-6-5-10-3-2-4-11(10)8-12/h5-6,8-9H,2-4,7H2,1H3,(H,14,15)/t9-/m0/s1. The van der Waals surface area contributed by atoms with Crippen LogP contribution in [-0.4, -0.2) is 17.2 Å². The second kappa shape index (κ2) is 4.56. The summed E-state index contributed by atoms with van der Waals surface area (Å²) in [5.41, 5.74) is 2.75. The van der Waals surface area contributed by atoms with Crippen LogP contribution in [-0.2, 0) is 17.6 Å². The second-order valence-electron chi connectivity index (χ2n) is 4.31. The van der Waals surface area contributed by atoms with Crippen molar-refractivity contribution in [1.82, 2.24) is 0 Å². The number of carboxylic acids is 1. The van der Waals surface area contributed by atoms with Gasteiger partial charge < -0.3 is 9.84 Å². The zero-order valence-corrected chi connectivity index (χ0v) is 9.40. The van der Waals surface area contributed by atoms with Crippen molar-refractivity contribution < 1.29 is 14.6 Å². The minimum atomic E-state index is -0.825. The molecule has 0 bridgehead atoms. The van der Waals surface area contributed by atoms with Crippen molar-refractivity contribution in [2.75, 3.05) is 0 Å². The Balaban J connectivity index is 2.02. The van der Waals surface area contributed by atoms with Crippen molar-refractivity contribution >= 4 is 5.97 Å². The van der Waals surface area contributed by atoms with Gasteiger partial charge in [0.25, 0.3) is 0 Å². The van der Waals surface area contributed by atoms with Crippen LogP contribution in [0.3, 0.4) is 0 Å². The molecule has 1 aliphatic rings. The van der Waals surface area contributed by atoms with Gasteiger partial charge in [0.2, 0.25) is 0 Å². The Morgan fingerprint density at radius 3 is 2.94 bits per heavy atom. The van der Waals surface area contributed by atoms with Crippen LogP contribution in [0.15, 0.2) is 18.2 Å². The maximum Gasteiger partial charge on any atom is 0.307 e. The van der Waals surface area contributed by atoms with Gasteiger partial charge in [0, 0.05) is 0 Å². The summed E-state index contributed by atoms with van der Waals surface area (Å²) in [5, 5.41) is 8.64. The Hall–Kier alpha value is -1.51. The van der Waals surface area contributed by atoms with Gasteiger partial charge in [-0.25, -0.2) is 0 Å². The SMILES string of the molecule is C[C@@H](CC(=O)O)Oc1ccc2c(c1)CCC2. The molecule has 0 aliphatic heterocycles. The topological polar surface area (TPSA) is 46.5 Å². The van der Waals surface area contributed by atoms with Crippen LogP contribution in [0.25, 0.3) is 0 Å². The fraction of sp³-hybridized carbons (Fsp3) is 0.462. The molecule has 1 N–H and O–H groups in total. The number of carbonyl (C=O) groups is 1. The second-order valence-corrected chi connectivity index (χ2v) is 4.31. The lowest BCUT2D eigenvalue weighted by Gasteiger charge is -2.13. The average molecular weight is 220 g/mol. The van der Waals surface area contributed by atoms with Gasteiger partial charge in [-0.3, -0.25) is 4.79 Å². The molecule has 0 saturated carbocycles. The number of hydrogen-bond acceptors (Lipinski definition) is 2. The monoisotopic (exact) mass is 220 g/mol. The number of carboxylic acid groups (broad SMARTS) is 1. The molecule has 0 amide bonds. The van der Waals surface area contributed by atoms with E-state index in [1.807, 2.05) is 12.1 Å². The lowest BCUT2D eigenvalue weighted by Crippen LogP contribution is -2.16. The summed E-state index contributed by atoms with van der Waals surface area (Å²) >= 11 is 0. The van der Waals surface area contributed by atoms with Crippen molar-refractivity contribution in [2.24, 2.45) is 0 Å². The summed E-state index contributed by atoms with van der Waals surface area (Å²) in [7, 11) is 0. The predicted octanol–water partition coefficient (Wildman–Crippen LogP) is 2.42. The van der Waals surface area contributed by atoms with E-state index >= 15 is 0 Å². The van der Waals surface area contributed by atoms with Crippen LogP contribution < -0.4 is 4.74 Å². The molecule has 1 aliphatic carbocycles. The zero-order chi connectivity index (χ0) is 11.5. The Morgan fingerprint density at radius 2 is 2.19 bits per heavy atom. The van der Waals surface area contributed by atoms with Gasteiger partial charge in [-0.1, -0.05) is 6.07 Å². The van der Waals surface area contributed by atoms with Gasteiger partial charge in [0.05, 0.1) is 6.42 Å². The number of aryl methyl sites for hydroxylation is 2. The van der Waals surface area contributed by atoms with Gasteiger partial charge in [0.1, 0.15) is 11.9 Å². The summed E-state index contributed by atoms with van der Waals surface area (Å²) in [5.74, 6) is -0.0388. The van der Waals surface area contributed by atoms with Gasteiger partial charge in [-0.2, -0.15) is 0 Å². The first kappa shape index (κ1) is 11.0. The molecule has 0 aromatic heterocycles. The zero-order valence-electron chi connectivity index (χ0n) is 9.40. The van der Waals surface area contributed by atoms with Crippen LogP contribution in [0.1, 0.15) is 30.9 Å². The smallest absolute Gasteiger partial charge is 0.307 e. The van der Waals surface area contributed by atoms with Crippen molar-refractivity contribution in [3.63, 3.8) is 0 Å². The quantitative estimate of drug-likeness (QED) is 0.847. The molecule has 86 valence electrons. The number of hydrogen-bond donors (Lipinski definition) is 1. The van der Waals surface area contributed by atoms with Crippen molar-refractivity contribution in [1.29, 1.82) is 0 Å². The molecule has 16 heavy (non-hydrogen) atoms. The lowest BCUT2D eigenvalue weighted by molar-refractivity contribution is -0.138. The molecule has 0 saturated heterocycles. The van der Waals surface area contributed by atoms with Gasteiger partial charge >= 0.3 is 5.97 Å². The molecule has 1 aromatic rings. The number of benzene rings is 1. The predicted molar refractivity (Wildman–Crippen MR) is 60.8 cm³/mol. The van der Waals surface area contributed by atoms with Crippen molar-refractivity contribution in [2.45, 2.75) is 38.7 Å². The van der Waals surface area contributed by atoms with E-state index in [-0.39, 0.29) is 12.5 Å². The number of fused-ring (bicyclic) bond motifs is 1. The lowest BCUT2D eigenvalue weighted by atomic mass is 10.1. The molecule has 0 fully saturated rings. The van der Waals surface area contributed by atoms with Crippen LogP contribution in [0, 0.1) is 0 Å². The van der Waals surface area contributed by atoms with Gasteiger partial charge in [-0.05, 0) is 49.4 Å². The van der Waals surface area contributed by atoms with E-state index in [0.29, 0.717) is 0 Å². The van der Waals surface area contributed by atoms with Crippen molar-refractivity contribution in [3.8, 4) is 5.75 Å². The first-order valence-electron chi connectivity index (χ1n) is 5.65. The molecule has 3 nitrogen and oxygen atoms in total. The average Bonchev–Trinajstić information content (AvgIpc) is 2.63. The van der Waals surface area contributed by atoms with Crippen LogP contribution >= 0.6 is 0 Å². The maximum absolute atomic E-state index is 10.5. The highest BCUT2D eigenvalue weighted by Crippen LogP contribution is 2.26. The van der Waals surface area contributed by atoms with Gasteiger partial charge in [0.15, 0.2) is 0 Å². The van der Waals surface area contributed by atoms with E-state index in [1.54, 1.807) is 6.92 Å². The molecule has 1 atom stereocenters. The maximum atomic E-state index is 10.5. The van der Waals surface area contributed by atoms with E-state index in [9.17, 15) is 4.79 Å². The van der Waals surface area contributed by atoms with Crippen molar-refractivity contribution in [3.05, 3.63) is 29.3 Å². The Kier molecular flexibility index (Phi) is 3.13. The highest BCUT2D eigenvalue weighted by Gasteiger charge is 2.13. The summed E-state index contributed by atoms with van der Waals surface area (Å²) in [6.07, 6.45) is 3.23. The summed E-state index contributed by atoms with van der Waals surface area (Å²) in [6, 6.07) is 6.06. The van der Waals surface area contributed by atoms with E-state index < -0.39 is 5.97 Å². The molecule has 1 aromatic carbocycles. The Labute approximate surface area is 95.0 Å². The Bertz CT molecular complexity index is 398. The van der Waals surface area contributed by atoms with Crippen LogP contribution in [0.2, 0.25) is 0 Å². The highest BCUT2D eigenvalue weighted by atomic mass is 16.5. The fourth-order valence-corrected chi connectivity index (χ4v) is 2.14. The molecule has 2 rings (SSSR count). The minimum Gasteiger partial charge on any atom is -0.490 e. The molecule has 0 spiro atoms. The number of rotatable bonds is 4. The summed E-state index contributed by atoms with van der Waals surface area (Å²) in [4.78, 5) is 10.5. The van der Waals surface area contributed by atoms with Crippen LogP contribution in [0.4, 0.5) is 0 Å². The largest absolute Gasteiger partial charge is 0.490 e. The van der Waals surface area contributed by atoms with E-state index in [4.69, 9.17) is 9.84 Å². The summed E-state index contributed by atoms with van der Waals surface area (Å²) < 4.78 is 5.57. The molecular formula is C13H16O3. The van der Waals surface area contributed by atoms with Gasteiger partial charge in [-0.15, -0.1) is 0 Å². The normalized spacial score (nSPS) is 15.6. The third-order valence-corrected chi connectivity index (χ3v) is 2.87. The molecular weight excluding hydrogens is 204 g/mol. The fourth-order valence-electron chi connectivity index (χ4n) is 2.14. The molecule has 0 heterocycles. The van der Waals surface area contributed by atoms with E-state index in [0.717, 1.165) is 18.6 Å². The number of ether oxygens (including phenoxy) is 1. The van der Waals surface area contributed by atoms with E-state index in [1.165, 1.54) is 17.5 Å². The minimum absolute atomic E-state index is 0.0388.